The third-order valence-electron chi connectivity index (χ3n) is 4.98. The summed E-state index contributed by atoms with van der Waals surface area (Å²) in [6.07, 6.45) is 1.52. The molecule has 3 aromatic carbocycles. The fourth-order valence-electron chi connectivity index (χ4n) is 3.05. The maximum atomic E-state index is 10.9. The highest BCUT2D eigenvalue weighted by molar-refractivity contribution is 5.80. The first-order chi connectivity index (χ1) is 16.9. The zero-order valence-corrected chi connectivity index (χ0v) is 18.9. The molecule has 11 heteroatoms. The first-order valence-corrected chi connectivity index (χ1v) is 10.6. The number of hydrogen-bond acceptors (Lipinski definition) is 10. The van der Waals surface area contributed by atoms with Crippen LogP contribution in [0, 0.1) is 24.0 Å². The minimum Gasteiger partial charge on any atom is -0.508 e. The zero-order valence-electron chi connectivity index (χ0n) is 18.9. The lowest BCUT2D eigenvalue weighted by Crippen LogP contribution is -2.07. The number of hydrazone groups is 1. The normalized spacial score (nSPS) is 10.8. The summed E-state index contributed by atoms with van der Waals surface area (Å²) in [5, 5.41) is 30.8. The molecule has 0 bridgehead atoms. The third-order valence-corrected chi connectivity index (χ3v) is 4.98. The molecule has 0 radical (unpaired) electrons. The quantitative estimate of drug-likeness (QED) is 0.158. The van der Waals surface area contributed by atoms with E-state index in [4.69, 9.17) is 0 Å². The van der Waals surface area contributed by atoms with E-state index in [9.17, 15) is 15.2 Å². The number of aromatic hydroxyl groups is 1. The Labute approximate surface area is 200 Å². The summed E-state index contributed by atoms with van der Waals surface area (Å²) in [6.45, 7) is 4.04. The first-order valence-electron chi connectivity index (χ1n) is 10.6. The predicted octanol–water partition coefficient (Wildman–Crippen LogP) is 5.04. The summed E-state index contributed by atoms with van der Waals surface area (Å²) in [6, 6.07) is 18.4. The molecule has 0 spiro atoms. The number of benzene rings is 3. The molecule has 4 rings (SSSR count). The Bertz CT molecular complexity index is 1390. The molecule has 35 heavy (non-hydrogen) atoms. The summed E-state index contributed by atoms with van der Waals surface area (Å²) in [5.41, 5.74) is 7.07. The first kappa shape index (κ1) is 23.1. The van der Waals surface area contributed by atoms with Crippen molar-refractivity contribution >= 4 is 41.1 Å². The predicted molar refractivity (Wildman–Crippen MR) is 135 cm³/mol. The van der Waals surface area contributed by atoms with Crippen molar-refractivity contribution in [3.05, 3.63) is 93.5 Å². The molecular weight excluding hydrogens is 448 g/mol. The molecule has 0 amide bonds. The molecule has 0 unspecified atom stereocenters. The molecular formula is C24H22N8O3. The third kappa shape index (κ3) is 6.26. The van der Waals surface area contributed by atoms with Gasteiger partial charge in [-0.1, -0.05) is 18.2 Å². The van der Waals surface area contributed by atoms with Crippen LogP contribution < -0.4 is 16.1 Å². The Morgan fingerprint density at radius 1 is 0.857 bits per heavy atom. The van der Waals surface area contributed by atoms with Crippen LogP contribution >= 0.6 is 0 Å². The van der Waals surface area contributed by atoms with E-state index < -0.39 is 4.92 Å². The maximum Gasteiger partial charge on any atom is 0.269 e. The molecule has 0 aliphatic carbocycles. The van der Waals surface area contributed by atoms with Crippen LogP contribution in [0.1, 0.15) is 16.7 Å². The van der Waals surface area contributed by atoms with Gasteiger partial charge in [-0.05, 0) is 66.9 Å². The van der Waals surface area contributed by atoms with Crippen LogP contribution in [0.15, 0.2) is 71.8 Å². The van der Waals surface area contributed by atoms with Crippen LogP contribution in [-0.4, -0.2) is 31.2 Å². The highest BCUT2D eigenvalue weighted by Crippen LogP contribution is 2.22. The van der Waals surface area contributed by atoms with Gasteiger partial charge in [0.1, 0.15) is 5.75 Å². The Morgan fingerprint density at radius 2 is 1.51 bits per heavy atom. The number of aromatic nitrogens is 3. The van der Waals surface area contributed by atoms with Gasteiger partial charge in [-0.25, -0.2) is 5.43 Å². The lowest BCUT2D eigenvalue weighted by molar-refractivity contribution is -0.384. The molecule has 0 aliphatic rings. The van der Waals surface area contributed by atoms with E-state index in [-0.39, 0.29) is 29.3 Å². The van der Waals surface area contributed by atoms with E-state index >= 15 is 0 Å². The van der Waals surface area contributed by atoms with Gasteiger partial charge >= 0.3 is 0 Å². The monoisotopic (exact) mass is 470 g/mol. The SMILES string of the molecule is Cc1ccc(Nc2nc(N/N=C\c3cccc(O)c3)nc(Nc3ccc([N+](=O)[O-])cc3)n2)cc1C. The van der Waals surface area contributed by atoms with Crippen LogP contribution in [0.5, 0.6) is 5.75 Å². The van der Waals surface area contributed by atoms with E-state index in [0.29, 0.717) is 11.3 Å². The van der Waals surface area contributed by atoms with Gasteiger partial charge in [-0.15, -0.1) is 0 Å². The van der Waals surface area contributed by atoms with Gasteiger partial charge in [0, 0.05) is 23.5 Å². The molecule has 0 aliphatic heterocycles. The van der Waals surface area contributed by atoms with Gasteiger partial charge in [-0.3, -0.25) is 10.1 Å². The van der Waals surface area contributed by atoms with Crippen molar-refractivity contribution in [1.29, 1.82) is 0 Å². The number of nitrogens with one attached hydrogen (secondary N) is 3. The van der Waals surface area contributed by atoms with E-state index in [1.165, 1.54) is 18.3 Å². The number of phenolic OH excluding ortho intramolecular Hbond substituents is 1. The molecule has 1 aromatic heterocycles. The van der Waals surface area contributed by atoms with Gasteiger partial charge in [0.05, 0.1) is 11.1 Å². The Morgan fingerprint density at radius 3 is 2.17 bits per heavy atom. The van der Waals surface area contributed by atoms with E-state index in [1.54, 1.807) is 36.4 Å². The van der Waals surface area contributed by atoms with Crippen LogP contribution in [0.3, 0.4) is 0 Å². The van der Waals surface area contributed by atoms with E-state index in [1.807, 2.05) is 32.0 Å². The molecule has 11 nitrogen and oxygen atoms in total. The van der Waals surface area contributed by atoms with Crippen molar-refractivity contribution < 1.29 is 10.0 Å². The lowest BCUT2D eigenvalue weighted by Gasteiger charge is -2.11. The second-order valence-electron chi connectivity index (χ2n) is 7.62. The average molecular weight is 470 g/mol. The van der Waals surface area contributed by atoms with Crippen LogP contribution in [0.25, 0.3) is 0 Å². The second-order valence-corrected chi connectivity index (χ2v) is 7.62. The average Bonchev–Trinajstić information content (AvgIpc) is 2.82. The number of anilines is 5. The van der Waals surface area contributed by atoms with Crippen molar-refractivity contribution in [2.24, 2.45) is 5.10 Å². The minimum atomic E-state index is -0.467. The standard InChI is InChI=1S/C24H22N8O3/c1-15-6-7-19(12-16(15)2)27-23-28-22(26-18-8-10-20(11-9-18)32(34)35)29-24(30-23)31-25-14-17-4-3-5-21(33)13-17/h3-14,33H,1-2H3,(H3,26,27,28,29,30,31)/b25-14-. The van der Waals surface area contributed by atoms with Gasteiger partial charge in [0.2, 0.25) is 17.8 Å². The minimum absolute atomic E-state index is 0.0214. The van der Waals surface area contributed by atoms with Gasteiger partial charge < -0.3 is 15.7 Å². The van der Waals surface area contributed by atoms with Gasteiger partial charge in [0.25, 0.3) is 5.69 Å². The fraction of sp³-hybridized carbons (Fsp3) is 0.0833. The molecule has 4 N–H and O–H groups in total. The summed E-state index contributed by atoms with van der Waals surface area (Å²) in [5.74, 6) is 0.758. The van der Waals surface area contributed by atoms with Crippen LogP contribution in [0.4, 0.5) is 34.9 Å². The molecule has 0 fully saturated rings. The summed E-state index contributed by atoms with van der Waals surface area (Å²) < 4.78 is 0. The molecule has 176 valence electrons. The fourth-order valence-corrected chi connectivity index (χ4v) is 3.05. The number of aryl methyl sites for hydroxylation is 2. The molecule has 4 aromatic rings. The Balaban J connectivity index is 1.60. The summed E-state index contributed by atoms with van der Waals surface area (Å²) in [7, 11) is 0. The highest BCUT2D eigenvalue weighted by Gasteiger charge is 2.10. The van der Waals surface area contributed by atoms with Gasteiger partial charge in [0.15, 0.2) is 0 Å². The van der Waals surface area contributed by atoms with Crippen molar-refractivity contribution in [2.45, 2.75) is 13.8 Å². The topological polar surface area (TPSA) is 150 Å². The van der Waals surface area contributed by atoms with Crippen molar-refractivity contribution in [1.82, 2.24) is 15.0 Å². The van der Waals surface area contributed by atoms with Crippen molar-refractivity contribution in [3.8, 4) is 5.75 Å². The number of hydrogen-bond donors (Lipinski definition) is 4. The number of non-ortho nitro benzene ring substituents is 1. The number of nitro benzene ring substituents is 1. The lowest BCUT2D eigenvalue weighted by atomic mass is 10.1. The molecule has 1 heterocycles. The smallest absolute Gasteiger partial charge is 0.269 e. The van der Waals surface area contributed by atoms with E-state index in [0.717, 1.165) is 16.8 Å². The number of nitrogens with zero attached hydrogens (tertiary/aromatic N) is 5. The molecule has 0 saturated carbocycles. The number of rotatable bonds is 8. The van der Waals surface area contributed by atoms with Crippen molar-refractivity contribution in [3.63, 3.8) is 0 Å². The summed E-state index contributed by atoms with van der Waals surface area (Å²) >= 11 is 0. The van der Waals surface area contributed by atoms with E-state index in [2.05, 4.69) is 36.1 Å². The second kappa shape index (κ2) is 10.3. The molecule has 0 saturated heterocycles. The maximum absolute atomic E-state index is 10.9. The van der Waals surface area contributed by atoms with Gasteiger partial charge in [-0.2, -0.15) is 20.1 Å². The zero-order chi connectivity index (χ0) is 24.8. The Hall–Kier alpha value is -5.06. The number of nitro groups is 1. The van der Waals surface area contributed by atoms with Crippen LogP contribution in [0.2, 0.25) is 0 Å². The van der Waals surface area contributed by atoms with Crippen molar-refractivity contribution in [2.75, 3.05) is 16.1 Å². The van der Waals surface area contributed by atoms with Crippen LogP contribution in [-0.2, 0) is 0 Å². The molecule has 0 atom stereocenters. The Kier molecular flexibility index (Phi) is 6.77. The number of phenols is 1. The largest absolute Gasteiger partial charge is 0.508 e. The highest BCUT2D eigenvalue weighted by atomic mass is 16.6. The summed E-state index contributed by atoms with van der Waals surface area (Å²) in [4.78, 5) is 23.5.